The van der Waals surface area contributed by atoms with Gasteiger partial charge in [0.15, 0.2) is 0 Å². The standard InChI is InChI=1S/C17H21N3O2.2ClH/c1-18-11-9-17(21)20-12-14-5-7-16(8-6-14)22-13-15-4-2-3-10-19-15;;/h2-8,10,18H,9,11-13H2,1H3,(H,20,21);2*1H. The van der Waals surface area contributed by atoms with E-state index in [-0.39, 0.29) is 30.7 Å². The molecule has 1 aromatic carbocycles. The molecule has 0 unspecified atom stereocenters. The number of aromatic nitrogens is 1. The highest BCUT2D eigenvalue weighted by Crippen LogP contribution is 2.13. The monoisotopic (exact) mass is 371 g/mol. The third-order valence-electron chi connectivity index (χ3n) is 3.13. The molecule has 0 bridgehead atoms. The molecule has 0 atom stereocenters. The first-order chi connectivity index (χ1) is 10.8. The Bertz CT molecular complexity index is 580. The molecule has 2 aromatic rings. The van der Waals surface area contributed by atoms with E-state index < -0.39 is 0 Å². The lowest BCUT2D eigenvalue weighted by Gasteiger charge is -2.08. The Hall–Kier alpha value is -1.82. The van der Waals surface area contributed by atoms with Crippen molar-refractivity contribution in [3.05, 3.63) is 59.9 Å². The molecule has 0 saturated carbocycles. The summed E-state index contributed by atoms with van der Waals surface area (Å²) in [6, 6.07) is 13.4. The molecule has 7 heteroatoms. The number of pyridine rings is 1. The van der Waals surface area contributed by atoms with Gasteiger partial charge in [-0.3, -0.25) is 9.78 Å². The number of nitrogens with zero attached hydrogens (tertiary/aromatic N) is 1. The van der Waals surface area contributed by atoms with Crippen LogP contribution in [0, 0.1) is 0 Å². The molecular formula is C17H23Cl2N3O2. The number of ether oxygens (including phenoxy) is 1. The zero-order valence-corrected chi connectivity index (χ0v) is 15.2. The molecular weight excluding hydrogens is 349 g/mol. The third-order valence-corrected chi connectivity index (χ3v) is 3.13. The Morgan fingerprint density at radius 3 is 2.50 bits per heavy atom. The van der Waals surface area contributed by atoms with Crippen molar-refractivity contribution in [3.63, 3.8) is 0 Å². The minimum atomic E-state index is 0. The average Bonchev–Trinajstić information content (AvgIpc) is 2.58. The minimum absolute atomic E-state index is 0. The Kier molecular flexibility index (Phi) is 11.6. The number of benzene rings is 1. The highest BCUT2D eigenvalue weighted by atomic mass is 35.5. The second-order valence-corrected chi connectivity index (χ2v) is 4.88. The fraction of sp³-hybridized carbons (Fsp3) is 0.294. The molecule has 0 aliphatic rings. The van der Waals surface area contributed by atoms with Crippen molar-refractivity contribution in [2.75, 3.05) is 13.6 Å². The summed E-state index contributed by atoms with van der Waals surface area (Å²) >= 11 is 0. The maximum Gasteiger partial charge on any atom is 0.221 e. The van der Waals surface area contributed by atoms with Gasteiger partial charge in [-0.1, -0.05) is 18.2 Å². The SMILES string of the molecule is CNCCC(=O)NCc1ccc(OCc2ccccn2)cc1.Cl.Cl. The van der Waals surface area contributed by atoms with Crippen molar-refractivity contribution in [3.8, 4) is 5.75 Å². The smallest absolute Gasteiger partial charge is 0.221 e. The van der Waals surface area contributed by atoms with Crippen LogP contribution in [0.5, 0.6) is 5.75 Å². The summed E-state index contributed by atoms with van der Waals surface area (Å²) in [5, 5.41) is 5.83. The number of halogens is 2. The molecule has 0 fully saturated rings. The van der Waals surface area contributed by atoms with Gasteiger partial charge >= 0.3 is 0 Å². The first kappa shape index (κ1) is 22.2. The van der Waals surface area contributed by atoms with Crippen molar-refractivity contribution < 1.29 is 9.53 Å². The summed E-state index contributed by atoms with van der Waals surface area (Å²) in [5.41, 5.74) is 1.94. The summed E-state index contributed by atoms with van der Waals surface area (Å²) in [5.74, 6) is 0.834. The molecule has 5 nitrogen and oxygen atoms in total. The lowest BCUT2D eigenvalue weighted by atomic mass is 10.2. The van der Waals surface area contributed by atoms with Crippen LogP contribution in [0.4, 0.5) is 0 Å². The summed E-state index contributed by atoms with van der Waals surface area (Å²) in [6.07, 6.45) is 2.24. The quantitative estimate of drug-likeness (QED) is 0.748. The summed E-state index contributed by atoms with van der Waals surface area (Å²) in [4.78, 5) is 15.7. The second kappa shape index (κ2) is 12.6. The van der Waals surface area contributed by atoms with Crippen LogP contribution in [0.1, 0.15) is 17.7 Å². The van der Waals surface area contributed by atoms with Crippen LogP contribution in [0.3, 0.4) is 0 Å². The zero-order valence-electron chi connectivity index (χ0n) is 13.5. The molecule has 132 valence electrons. The Morgan fingerprint density at radius 2 is 1.88 bits per heavy atom. The predicted molar refractivity (Wildman–Crippen MR) is 99.9 cm³/mol. The first-order valence-electron chi connectivity index (χ1n) is 7.31. The van der Waals surface area contributed by atoms with Gasteiger partial charge in [-0.05, 0) is 36.9 Å². The molecule has 1 amide bonds. The van der Waals surface area contributed by atoms with Gasteiger partial charge < -0.3 is 15.4 Å². The fourth-order valence-corrected chi connectivity index (χ4v) is 1.87. The van der Waals surface area contributed by atoms with Crippen LogP contribution in [-0.4, -0.2) is 24.5 Å². The molecule has 2 rings (SSSR count). The van der Waals surface area contributed by atoms with Gasteiger partial charge in [0, 0.05) is 25.7 Å². The van der Waals surface area contributed by atoms with E-state index in [4.69, 9.17) is 4.74 Å². The van der Waals surface area contributed by atoms with Crippen LogP contribution >= 0.6 is 24.8 Å². The Balaban J connectivity index is 0.00000264. The number of carbonyl (C=O) groups excluding carboxylic acids is 1. The van der Waals surface area contributed by atoms with Crippen molar-refractivity contribution in [1.82, 2.24) is 15.6 Å². The predicted octanol–water partition coefficient (Wildman–Crippen LogP) is 2.73. The molecule has 1 aromatic heterocycles. The summed E-state index contributed by atoms with van der Waals surface area (Å²) in [7, 11) is 1.83. The first-order valence-corrected chi connectivity index (χ1v) is 7.31. The second-order valence-electron chi connectivity index (χ2n) is 4.88. The topological polar surface area (TPSA) is 63.2 Å². The zero-order chi connectivity index (χ0) is 15.6. The third kappa shape index (κ3) is 8.15. The van der Waals surface area contributed by atoms with E-state index in [0.717, 1.165) is 17.0 Å². The van der Waals surface area contributed by atoms with Gasteiger partial charge in [-0.25, -0.2) is 0 Å². The van der Waals surface area contributed by atoms with Crippen LogP contribution in [-0.2, 0) is 17.9 Å². The van der Waals surface area contributed by atoms with Crippen molar-refractivity contribution in [2.45, 2.75) is 19.6 Å². The molecule has 0 saturated heterocycles. The van der Waals surface area contributed by atoms with Crippen LogP contribution in [0.25, 0.3) is 0 Å². The molecule has 1 heterocycles. The van der Waals surface area contributed by atoms with Crippen molar-refractivity contribution in [1.29, 1.82) is 0 Å². The fourth-order valence-electron chi connectivity index (χ4n) is 1.87. The van der Waals surface area contributed by atoms with Gasteiger partial charge in [0.05, 0.1) is 5.69 Å². The normalized spacial score (nSPS) is 9.38. The maximum absolute atomic E-state index is 11.5. The molecule has 2 N–H and O–H groups in total. The number of nitrogens with one attached hydrogen (secondary N) is 2. The number of hydrogen-bond acceptors (Lipinski definition) is 4. The van der Waals surface area contributed by atoms with Crippen LogP contribution in [0.15, 0.2) is 48.7 Å². The van der Waals surface area contributed by atoms with Gasteiger partial charge in [-0.2, -0.15) is 0 Å². The molecule has 24 heavy (non-hydrogen) atoms. The van der Waals surface area contributed by atoms with Crippen LogP contribution < -0.4 is 15.4 Å². The largest absolute Gasteiger partial charge is 0.487 e. The molecule has 0 spiro atoms. The van der Waals surface area contributed by atoms with E-state index in [1.54, 1.807) is 6.20 Å². The highest BCUT2D eigenvalue weighted by Gasteiger charge is 2.01. The van der Waals surface area contributed by atoms with E-state index in [1.807, 2.05) is 49.5 Å². The van der Waals surface area contributed by atoms with Gasteiger partial charge in [-0.15, -0.1) is 24.8 Å². The Morgan fingerprint density at radius 1 is 1.12 bits per heavy atom. The molecule has 0 radical (unpaired) electrons. The minimum Gasteiger partial charge on any atom is -0.487 e. The van der Waals surface area contributed by atoms with Crippen LogP contribution in [0.2, 0.25) is 0 Å². The molecule has 0 aliphatic carbocycles. The van der Waals surface area contributed by atoms with E-state index in [2.05, 4.69) is 15.6 Å². The summed E-state index contributed by atoms with van der Waals surface area (Å²) < 4.78 is 5.67. The van der Waals surface area contributed by atoms with E-state index in [9.17, 15) is 4.79 Å². The van der Waals surface area contributed by atoms with Gasteiger partial charge in [0.2, 0.25) is 5.91 Å². The number of rotatable bonds is 8. The lowest BCUT2D eigenvalue weighted by Crippen LogP contribution is -2.26. The van der Waals surface area contributed by atoms with Gasteiger partial charge in [0.25, 0.3) is 0 Å². The van der Waals surface area contributed by atoms with E-state index in [1.165, 1.54) is 0 Å². The summed E-state index contributed by atoms with van der Waals surface area (Å²) in [6.45, 7) is 1.66. The van der Waals surface area contributed by atoms with Gasteiger partial charge in [0.1, 0.15) is 12.4 Å². The van der Waals surface area contributed by atoms with E-state index in [0.29, 0.717) is 26.1 Å². The Labute approximate surface area is 155 Å². The number of amides is 1. The maximum atomic E-state index is 11.5. The average molecular weight is 372 g/mol. The number of hydrogen-bond donors (Lipinski definition) is 2. The van der Waals surface area contributed by atoms with Crippen molar-refractivity contribution >= 4 is 30.7 Å². The lowest BCUT2D eigenvalue weighted by molar-refractivity contribution is -0.121. The van der Waals surface area contributed by atoms with E-state index >= 15 is 0 Å². The highest BCUT2D eigenvalue weighted by molar-refractivity contribution is 5.85. The number of carbonyl (C=O) groups is 1. The van der Waals surface area contributed by atoms with Crippen molar-refractivity contribution in [2.24, 2.45) is 0 Å². The molecule has 0 aliphatic heterocycles.